The summed E-state index contributed by atoms with van der Waals surface area (Å²) in [5.41, 5.74) is 2.09. The SMILES string of the molecule is CCn1c(CCO)cc2c(O)cccc21. The molecule has 0 aliphatic rings. The number of aryl methyl sites for hydroxylation is 1. The Labute approximate surface area is 88.6 Å². The number of hydrogen-bond donors (Lipinski definition) is 2. The zero-order valence-corrected chi connectivity index (χ0v) is 8.77. The molecule has 2 N–H and O–H groups in total. The van der Waals surface area contributed by atoms with Crippen LogP contribution < -0.4 is 0 Å². The molecule has 1 aromatic carbocycles. The molecule has 0 spiro atoms. The highest BCUT2D eigenvalue weighted by Crippen LogP contribution is 2.27. The third-order valence-corrected chi connectivity index (χ3v) is 2.69. The number of benzene rings is 1. The molecule has 0 fully saturated rings. The van der Waals surface area contributed by atoms with Crippen LogP contribution in [0.4, 0.5) is 0 Å². The first kappa shape index (κ1) is 10.1. The summed E-state index contributed by atoms with van der Waals surface area (Å²) in [6, 6.07) is 7.46. The van der Waals surface area contributed by atoms with Crippen LogP contribution in [0.25, 0.3) is 10.9 Å². The molecule has 0 bridgehead atoms. The summed E-state index contributed by atoms with van der Waals surface area (Å²) in [5.74, 6) is 0.305. The van der Waals surface area contributed by atoms with E-state index in [0.29, 0.717) is 12.2 Å². The number of phenols is 1. The number of aromatic hydroxyl groups is 1. The number of hydrogen-bond acceptors (Lipinski definition) is 2. The molecule has 0 saturated heterocycles. The molecular weight excluding hydrogens is 190 g/mol. The van der Waals surface area contributed by atoms with Gasteiger partial charge in [0, 0.05) is 30.7 Å². The molecule has 0 amide bonds. The molecular formula is C12H15NO2. The van der Waals surface area contributed by atoms with Crippen molar-refractivity contribution in [3.8, 4) is 5.75 Å². The van der Waals surface area contributed by atoms with E-state index in [0.717, 1.165) is 23.1 Å². The monoisotopic (exact) mass is 205 g/mol. The van der Waals surface area contributed by atoms with Crippen LogP contribution in [-0.4, -0.2) is 21.4 Å². The van der Waals surface area contributed by atoms with Gasteiger partial charge in [-0.1, -0.05) is 6.07 Å². The molecule has 2 aromatic rings. The minimum atomic E-state index is 0.136. The lowest BCUT2D eigenvalue weighted by Crippen LogP contribution is -2.02. The van der Waals surface area contributed by atoms with Crippen LogP contribution in [0.1, 0.15) is 12.6 Å². The van der Waals surface area contributed by atoms with Crippen LogP contribution >= 0.6 is 0 Å². The van der Waals surface area contributed by atoms with Crippen LogP contribution in [0, 0.1) is 0 Å². The summed E-state index contributed by atoms with van der Waals surface area (Å²) in [6.07, 6.45) is 0.627. The Balaban J connectivity index is 2.67. The Kier molecular flexibility index (Phi) is 2.64. The maximum absolute atomic E-state index is 9.70. The smallest absolute Gasteiger partial charge is 0.124 e. The second-order valence-corrected chi connectivity index (χ2v) is 3.56. The van der Waals surface area contributed by atoms with Gasteiger partial charge in [0.25, 0.3) is 0 Å². The fourth-order valence-electron chi connectivity index (χ4n) is 2.02. The van der Waals surface area contributed by atoms with Gasteiger partial charge in [-0.2, -0.15) is 0 Å². The van der Waals surface area contributed by atoms with Crippen molar-refractivity contribution >= 4 is 10.9 Å². The van der Waals surface area contributed by atoms with Gasteiger partial charge in [-0.05, 0) is 25.1 Å². The number of nitrogens with zero attached hydrogens (tertiary/aromatic N) is 1. The van der Waals surface area contributed by atoms with E-state index in [1.807, 2.05) is 18.2 Å². The van der Waals surface area contributed by atoms with Gasteiger partial charge in [-0.15, -0.1) is 0 Å². The van der Waals surface area contributed by atoms with E-state index in [1.54, 1.807) is 6.07 Å². The second-order valence-electron chi connectivity index (χ2n) is 3.56. The quantitative estimate of drug-likeness (QED) is 0.803. The zero-order valence-electron chi connectivity index (χ0n) is 8.77. The first-order valence-corrected chi connectivity index (χ1v) is 5.19. The third kappa shape index (κ3) is 1.59. The van der Waals surface area contributed by atoms with Gasteiger partial charge in [-0.3, -0.25) is 0 Å². The highest BCUT2D eigenvalue weighted by molar-refractivity contribution is 5.87. The van der Waals surface area contributed by atoms with E-state index in [-0.39, 0.29) is 6.61 Å². The second kappa shape index (κ2) is 3.95. The van der Waals surface area contributed by atoms with Gasteiger partial charge < -0.3 is 14.8 Å². The summed E-state index contributed by atoms with van der Waals surface area (Å²) in [5, 5.41) is 19.5. The van der Waals surface area contributed by atoms with E-state index in [4.69, 9.17) is 5.11 Å². The maximum Gasteiger partial charge on any atom is 0.124 e. The summed E-state index contributed by atoms with van der Waals surface area (Å²) >= 11 is 0. The number of aliphatic hydroxyl groups excluding tert-OH is 1. The van der Waals surface area contributed by atoms with Gasteiger partial charge in [0.1, 0.15) is 5.75 Å². The van der Waals surface area contributed by atoms with Crippen molar-refractivity contribution in [2.75, 3.05) is 6.61 Å². The maximum atomic E-state index is 9.70. The Morgan fingerprint density at radius 3 is 2.80 bits per heavy atom. The van der Waals surface area contributed by atoms with Crippen LogP contribution in [0.15, 0.2) is 24.3 Å². The lowest BCUT2D eigenvalue weighted by atomic mass is 10.2. The zero-order chi connectivity index (χ0) is 10.8. The largest absolute Gasteiger partial charge is 0.507 e. The van der Waals surface area contributed by atoms with Crippen molar-refractivity contribution in [2.24, 2.45) is 0 Å². The number of aromatic nitrogens is 1. The highest BCUT2D eigenvalue weighted by Gasteiger charge is 2.09. The van der Waals surface area contributed by atoms with Gasteiger partial charge in [0.05, 0.1) is 5.52 Å². The predicted octanol–water partition coefficient (Wildman–Crippen LogP) is 1.90. The van der Waals surface area contributed by atoms with Crippen molar-refractivity contribution in [1.82, 2.24) is 4.57 Å². The van der Waals surface area contributed by atoms with E-state index in [9.17, 15) is 5.11 Å². The van der Waals surface area contributed by atoms with E-state index < -0.39 is 0 Å². The number of fused-ring (bicyclic) bond motifs is 1. The average molecular weight is 205 g/mol. The van der Waals surface area contributed by atoms with Gasteiger partial charge in [0.2, 0.25) is 0 Å². The fourth-order valence-corrected chi connectivity index (χ4v) is 2.02. The van der Waals surface area contributed by atoms with Crippen molar-refractivity contribution in [2.45, 2.75) is 19.9 Å². The molecule has 3 nitrogen and oxygen atoms in total. The highest BCUT2D eigenvalue weighted by atomic mass is 16.3. The molecule has 0 unspecified atom stereocenters. The minimum absolute atomic E-state index is 0.136. The molecule has 0 atom stereocenters. The number of phenolic OH excluding ortho intramolecular Hbond substituents is 1. The van der Waals surface area contributed by atoms with E-state index in [2.05, 4.69) is 11.5 Å². The minimum Gasteiger partial charge on any atom is -0.507 e. The van der Waals surface area contributed by atoms with Crippen molar-refractivity contribution < 1.29 is 10.2 Å². The molecule has 2 rings (SSSR count). The predicted molar refractivity (Wildman–Crippen MR) is 60.1 cm³/mol. The van der Waals surface area contributed by atoms with Crippen LogP contribution in [0.5, 0.6) is 5.75 Å². The molecule has 1 aromatic heterocycles. The average Bonchev–Trinajstić information content (AvgIpc) is 2.58. The summed E-state index contributed by atoms with van der Waals surface area (Å²) in [6.45, 7) is 3.05. The normalized spacial score (nSPS) is 11.1. The molecule has 0 aliphatic heterocycles. The molecule has 0 radical (unpaired) electrons. The van der Waals surface area contributed by atoms with Crippen molar-refractivity contribution in [3.05, 3.63) is 30.0 Å². The molecule has 15 heavy (non-hydrogen) atoms. The first-order chi connectivity index (χ1) is 7.27. The van der Waals surface area contributed by atoms with Gasteiger partial charge >= 0.3 is 0 Å². The molecule has 0 saturated carbocycles. The van der Waals surface area contributed by atoms with E-state index in [1.165, 1.54) is 0 Å². The number of rotatable bonds is 3. The summed E-state index contributed by atoms with van der Waals surface area (Å²) < 4.78 is 2.12. The molecule has 0 aliphatic carbocycles. The molecule has 1 heterocycles. The van der Waals surface area contributed by atoms with Crippen LogP contribution in [-0.2, 0) is 13.0 Å². The topological polar surface area (TPSA) is 45.4 Å². The summed E-state index contributed by atoms with van der Waals surface area (Å²) in [7, 11) is 0. The fraction of sp³-hybridized carbons (Fsp3) is 0.333. The van der Waals surface area contributed by atoms with Crippen LogP contribution in [0.2, 0.25) is 0 Å². The van der Waals surface area contributed by atoms with Gasteiger partial charge in [0.15, 0.2) is 0 Å². The molecule has 80 valence electrons. The number of aliphatic hydroxyl groups is 1. The van der Waals surface area contributed by atoms with E-state index >= 15 is 0 Å². The van der Waals surface area contributed by atoms with Gasteiger partial charge in [-0.25, -0.2) is 0 Å². The Hall–Kier alpha value is -1.48. The Morgan fingerprint density at radius 1 is 1.33 bits per heavy atom. The lowest BCUT2D eigenvalue weighted by molar-refractivity contribution is 0.296. The Morgan fingerprint density at radius 2 is 2.13 bits per heavy atom. The summed E-state index contributed by atoms with van der Waals surface area (Å²) in [4.78, 5) is 0. The van der Waals surface area contributed by atoms with Crippen molar-refractivity contribution in [3.63, 3.8) is 0 Å². The third-order valence-electron chi connectivity index (χ3n) is 2.69. The first-order valence-electron chi connectivity index (χ1n) is 5.19. The van der Waals surface area contributed by atoms with Crippen LogP contribution in [0.3, 0.4) is 0 Å². The lowest BCUT2D eigenvalue weighted by Gasteiger charge is -2.06. The Bertz CT molecular complexity index is 474. The molecule has 3 heteroatoms. The van der Waals surface area contributed by atoms with Crippen molar-refractivity contribution in [1.29, 1.82) is 0 Å². The standard InChI is InChI=1S/C12H15NO2/c1-2-13-9(6-7-14)8-10-11(13)4-3-5-12(10)15/h3-5,8,14-15H,2,6-7H2,1H3.